The Kier molecular flexibility index (Phi) is 5.46. The van der Waals surface area contributed by atoms with Crippen LogP contribution in [0.5, 0.6) is 5.75 Å². The normalized spacial score (nSPS) is 15.8. The molecule has 0 spiro atoms. The molecule has 1 N–H and O–H groups in total. The molecule has 0 bridgehead atoms. The number of rotatable bonds is 3. The van der Waals surface area contributed by atoms with Gasteiger partial charge in [-0.05, 0) is 36.6 Å². The molecule has 0 amide bonds. The van der Waals surface area contributed by atoms with E-state index in [-0.39, 0.29) is 18.3 Å². The first-order valence-corrected chi connectivity index (χ1v) is 9.41. The average Bonchev–Trinajstić information content (AvgIpc) is 3.16. The topological polar surface area (TPSA) is 60.2 Å². The summed E-state index contributed by atoms with van der Waals surface area (Å²) in [7, 11) is 0. The second-order valence-electron chi connectivity index (χ2n) is 7.04. The third-order valence-electron chi connectivity index (χ3n) is 4.83. The summed E-state index contributed by atoms with van der Waals surface area (Å²) in [6, 6.07) is 10.1. The molecule has 0 radical (unpaired) electrons. The molecule has 30 heavy (non-hydrogen) atoms. The predicted molar refractivity (Wildman–Crippen MR) is 103 cm³/mol. The lowest BCUT2D eigenvalue weighted by atomic mass is 10.0. The van der Waals surface area contributed by atoms with Crippen LogP contribution < -0.4 is 4.74 Å². The number of benzene rings is 1. The molecular weight excluding hydrogens is 395 g/mol. The molecule has 0 fully saturated rings. The molecule has 1 aliphatic rings. The van der Waals surface area contributed by atoms with E-state index in [1.807, 2.05) is 30.5 Å². The maximum Gasteiger partial charge on any atom is 0.573 e. The Morgan fingerprint density at radius 2 is 1.93 bits per heavy atom. The highest BCUT2D eigenvalue weighted by molar-refractivity contribution is 5.60. The van der Waals surface area contributed by atoms with Gasteiger partial charge >= 0.3 is 6.36 Å². The Balaban J connectivity index is 1.45. The summed E-state index contributed by atoms with van der Waals surface area (Å²) in [5.41, 5.74) is 2.94. The van der Waals surface area contributed by atoms with Crippen LogP contribution in [-0.2, 0) is 13.0 Å². The van der Waals surface area contributed by atoms with Gasteiger partial charge in [-0.1, -0.05) is 18.1 Å². The monoisotopic (exact) mass is 413 g/mol. The number of aliphatic hydroxyl groups is 1. The van der Waals surface area contributed by atoms with Gasteiger partial charge in [0.1, 0.15) is 17.3 Å². The van der Waals surface area contributed by atoms with Crippen molar-refractivity contribution in [2.75, 3.05) is 6.61 Å². The van der Waals surface area contributed by atoms with Gasteiger partial charge in [0.05, 0.1) is 11.9 Å². The summed E-state index contributed by atoms with van der Waals surface area (Å²) >= 11 is 0. The van der Waals surface area contributed by atoms with Crippen molar-refractivity contribution < 1.29 is 23.0 Å². The van der Waals surface area contributed by atoms with Crippen molar-refractivity contribution in [3.8, 4) is 28.8 Å². The number of aromatic nitrogens is 3. The second kappa shape index (κ2) is 8.20. The van der Waals surface area contributed by atoms with Gasteiger partial charge in [0, 0.05) is 42.8 Å². The zero-order valence-electron chi connectivity index (χ0n) is 15.9. The molecule has 5 nitrogen and oxygen atoms in total. The third-order valence-corrected chi connectivity index (χ3v) is 4.83. The lowest BCUT2D eigenvalue weighted by Crippen LogP contribution is -2.22. The maximum atomic E-state index is 12.2. The number of halogens is 3. The number of hydrogen-bond acceptors (Lipinski definition) is 4. The Labute approximate surface area is 171 Å². The highest BCUT2D eigenvalue weighted by Gasteiger charge is 2.31. The number of pyridine rings is 1. The number of fused-ring (bicyclic) bond motifs is 1. The standard InChI is InChI=1S/C22H18F3N3O2/c23-22(24,25)30-19-9-8-18(26-11-19)7-3-15-1-5-17(6-2-15)20-13-28-12-16(14-29)4-10-21(28)27-20/h1-2,5-6,8-9,11,13,16,29H,4,10,12,14H2. The van der Waals surface area contributed by atoms with E-state index in [1.165, 1.54) is 12.1 Å². The summed E-state index contributed by atoms with van der Waals surface area (Å²) in [5.74, 6) is 6.68. The van der Waals surface area contributed by atoms with Crippen LogP contribution in [0, 0.1) is 17.8 Å². The lowest BCUT2D eigenvalue weighted by Gasteiger charge is -2.21. The second-order valence-corrected chi connectivity index (χ2v) is 7.04. The van der Waals surface area contributed by atoms with Gasteiger partial charge in [0.2, 0.25) is 0 Å². The lowest BCUT2D eigenvalue weighted by molar-refractivity contribution is -0.274. The van der Waals surface area contributed by atoms with Gasteiger partial charge in [0.25, 0.3) is 0 Å². The van der Waals surface area contributed by atoms with E-state index in [0.717, 1.165) is 48.2 Å². The van der Waals surface area contributed by atoms with Crippen LogP contribution in [0.3, 0.4) is 0 Å². The number of hydrogen-bond donors (Lipinski definition) is 1. The highest BCUT2D eigenvalue weighted by atomic mass is 19.4. The number of aryl methyl sites for hydroxylation is 1. The molecule has 4 rings (SSSR count). The minimum Gasteiger partial charge on any atom is -0.404 e. The Morgan fingerprint density at radius 1 is 1.13 bits per heavy atom. The summed E-state index contributed by atoms with van der Waals surface area (Å²) in [6.07, 6.45) is 0.0493. The van der Waals surface area contributed by atoms with Crippen LogP contribution in [0.2, 0.25) is 0 Å². The van der Waals surface area contributed by atoms with Crippen molar-refractivity contribution in [3.63, 3.8) is 0 Å². The summed E-state index contributed by atoms with van der Waals surface area (Å²) in [4.78, 5) is 8.55. The van der Waals surface area contributed by atoms with Crippen LogP contribution in [0.15, 0.2) is 48.8 Å². The van der Waals surface area contributed by atoms with Gasteiger partial charge < -0.3 is 14.4 Å². The minimum absolute atomic E-state index is 0.188. The molecule has 1 aliphatic heterocycles. The van der Waals surface area contributed by atoms with Crippen molar-refractivity contribution in [3.05, 3.63) is 65.9 Å². The van der Waals surface area contributed by atoms with Crippen molar-refractivity contribution in [1.82, 2.24) is 14.5 Å². The summed E-state index contributed by atoms with van der Waals surface area (Å²) in [6.45, 7) is 0.968. The van der Waals surface area contributed by atoms with Crippen molar-refractivity contribution in [2.24, 2.45) is 5.92 Å². The van der Waals surface area contributed by atoms with Gasteiger partial charge in [0.15, 0.2) is 0 Å². The van der Waals surface area contributed by atoms with Crippen molar-refractivity contribution in [1.29, 1.82) is 0 Å². The quantitative estimate of drug-likeness (QED) is 0.664. The van der Waals surface area contributed by atoms with Gasteiger partial charge in [-0.25, -0.2) is 9.97 Å². The molecule has 3 heterocycles. The zero-order chi connectivity index (χ0) is 21.1. The van der Waals surface area contributed by atoms with E-state index in [0.29, 0.717) is 5.69 Å². The van der Waals surface area contributed by atoms with E-state index in [9.17, 15) is 18.3 Å². The van der Waals surface area contributed by atoms with E-state index < -0.39 is 6.36 Å². The van der Waals surface area contributed by atoms with Crippen LogP contribution in [0.25, 0.3) is 11.3 Å². The average molecular weight is 413 g/mol. The number of ether oxygens (including phenoxy) is 1. The molecule has 1 aromatic carbocycles. The van der Waals surface area contributed by atoms with Crippen LogP contribution >= 0.6 is 0 Å². The molecule has 2 aromatic heterocycles. The van der Waals surface area contributed by atoms with Crippen LogP contribution in [-0.4, -0.2) is 32.6 Å². The molecule has 0 aliphatic carbocycles. The maximum absolute atomic E-state index is 12.2. The number of alkyl halides is 3. The summed E-state index contributed by atoms with van der Waals surface area (Å²) in [5, 5.41) is 9.36. The van der Waals surface area contributed by atoms with Crippen LogP contribution in [0.4, 0.5) is 13.2 Å². The largest absolute Gasteiger partial charge is 0.573 e. The SMILES string of the molecule is OCC1CCc2nc(-c3ccc(C#Cc4ccc(OC(F)(F)F)cn4)cc3)cn2C1. The fraction of sp³-hybridized carbons (Fsp3) is 0.273. The van der Waals surface area contributed by atoms with E-state index in [2.05, 4.69) is 31.1 Å². The van der Waals surface area contributed by atoms with Crippen molar-refractivity contribution >= 4 is 0 Å². The van der Waals surface area contributed by atoms with Gasteiger partial charge in [-0.3, -0.25) is 0 Å². The molecular formula is C22H18F3N3O2. The minimum atomic E-state index is -4.74. The van der Waals surface area contributed by atoms with Crippen molar-refractivity contribution in [2.45, 2.75) is 25.7 Å². The number of nitrogens with zero attached hydrogens (tertiary/aromatic N) is 3. The smallest absolute Gasteiger partial charge is 0.404 e. The first-order valence-electron chi connectivity index (χ1n) is 9.41. The number of aliphatic hydroxyl groups excluding tert-OH is 1. The zero-order valence-corrected chi connectivity index (χ0v) is 15.9. The Hall–Kier alpha value is -3.31. The fourth-order valence-corrected chi connectivity index (χ4v) is 3.31. The van der Waals surface area contributed by atoms with E-state index in [4.69, 9.17) is 0 Å². The highest BCUT2D eigenvalue weighted by Crippen LogP contribution is 2.25. The predicted octanol–water partition coefficient (Wildman–Crippen LogP) is 3.80. The number of imidazole rings is 1. The molecule has 1 atom stereocenters. The van der Waals surface area contributed by atoms with Gasteiger partial charge in [-0.2, -0.15) is 0 Å². The molecule has 1 unspecified atom stereocenters. The Bertz CT molecular complexity index is 1080. The van der Waals surface area contributed by atoms with E-state index in [1.54, 1.807) is 0 Å². The first-order chi connectivity index (χ1) is 14.4. The molecule has 8 heteroatoms. The Morgan fingerprint density at radius 3 is 2.60 bits per heavy atom. The molecule has 0 saturated heterocycles. The van der Waals surface area contributed by atoms with E-state index >= 15 is 0 Å². The first kappa shape index (κ1) is 20.0. The molecule has 0 saturated carbocycles. The third kappa shape index (κ3) is 4.81. The summed E-state index contributed by atoms with van der Waals surface area (Å²) < 4.78 is 42.4. The molecule has 154 valence electrons. The van der Waals surface area contributed by atoms with Gasteiger partial charge in [-0.15, -0.1) is 13.2 Å². The van der Waals surface area contributed by atoms with Crippen LogP contribution in [0.1, 0.15) is 23.5 Å². The fourth-order valence-electron chi connectivity index (χ4n) is 3.31. The molecule has 3 aromatic rings.